The number of aryl methyl sites for hydroxylation is 1. The first-order chi connectivity index (χ1) is 13.5. The minimum atomic E-state index is -0.425. The number of ether oxygens (including phenoxy) is 1. The number of hydrogen-bond donors (Lipinski definition) is 1. The number of nitrogens with zero attached hydrogens (tertiary/aromatic N) is 1. The summed E-state index contributed by atoms with van der Waals surface area (Å²) in [7, 11) is 1.32. The Kier molecular flexibility index (Phi) is 8.21. The van der Waals surface area contributed by atoms with Crippen molar-refractivity contribution in [3.63, 3.8) is 0 Å². The molecule has 1 N–H and O–H groups in total. The van der Waals surface area contributed by atoms with Gasteiger partial charge in [0.05, 0.1) is 12.7 Å². The van der Waals surface area contributed by atoms with Crippen molar-refractivity contribution in [2.24, 2.45) is 0 Å². The first kappa shape index (κ1) is 21.2. The smallest absolute Gasteiger partial charge is 0.337 e. The number of nitrogens with one attached hydrogen (secondary N) is 1. The van der Waals surface area contributed by atoms with Gasteiger partial charge in [-0.2, -0.15) is 0 Å². The molecule has 0 bridgehead atoms. The zero-order chi connectivity index (χ0) is 20.4. The number of hydrogen-bond acceptors (Lipinski definition) is 4. The van der Waals surface area contributed by atoms with E-state index in [0.717, 1.165) is 12.8 Å². The van der Waals surface area contributed by atoms with Gasteiger partial charge in [0.25, 0.3) is 0 Å². The number of amides is 2. The van der Waals surface area contributed by atoms with Gasteiger partial charge in [0, 0.05) is 32.1 Å². The molecule has 0 saturated heterocycles. The maximum Gasteiger partial charge on any atom is 0.337 e. The minimum Gasteiger partial charge on any atom is -0.465 e. The van der Waals surface area contributed by atoms with Crippen molar-refractivity contribution in [3.8, 4) is 0 Å². The quantitative estimate of drug-likeness (QED) is 0.675. The molecule has 0 aromatic heterocycles. The van der Waals surface area contributed by atoms with E-state index in [1.165, 1.54) is 19.6 Å². The monoisotopic (exact) mass is 382 g/mol. The predicted octanol–water partition coefficient (Wildman–Crippen LogP) is 3.28. The third-order valence-corrected chi connectivity index (χ3v) is 4.38. The molecule has 0 aliphatic rings. The molecule has 6 heteroatoms. The highest BCUT2D eigenvalue weighted by Gasteiger charge is 2.12. The Balaban J connectivity index is 1.78. The van der Waals surface area contributed by atoms with Gasteiger partial charge in [-0.05, 0) is 42.7 Å². The third kappa shape index (κ3) is 6.87. The number of anilines is 1. The molecule has 0 spiro atoms. The molecule has 0 atom stereocenters. The fourth-order valence-corrected chi connectivity index (χ4v) is 2.81. The van der Waals surface area contributed by atoms with Crippen LogP contribution in [0.15, 0.2) is 54.6 Å². The molecular formula is C22H26N2O4. The summed E-state index contributed by atoms with van der Waals surface area (Å²) in [5, 5.41) is 2.77. The zero-order valence-corrected chi connectivity index (χ0v) is 16.3. The third-order valence-electron chi connectivity index (χ3n) is 4.38. The van der Waals surface area contributed by atoms with Crippen molar-refractivity contribution >= 4 is 23.5 Å². The Bertz CT molecular complexity index is 788. The summed E-state index contributed by atoms with van der Waals surface area (Å²) in [6.45, 7) is 2.51. The van der Waals surface area contributed by atoms with Gasteiger partial charge in [0.2, 0.25) is 11.8 Å². The van der Waals surface area contributed by atoms with Crippen LogP contribution in [0.4, 0.5) is 5.69 Å². The van der Waals surface area contributed by atoms with Crippen molar-refractivity contribution in [2.45, 2.75) is 26.2 Å². The van der Waals surface area contributed by atoms with E-state index in [1.807, 2.05) is 18.2 Å². The van der Waals surface area contributed by atoms with Gasteiger partial charge in [-0.15, -0.1) is 0 Å². The Hall–Kier alpha value is -3.15. The Morgan fingerprint density at radius 1 is 0.964 bits per heavy atom. The molecular weight excluding hydrogens is 356 g/mol. The molecule has 0 fully saturated rings. The topological polar surface area (TPSA) is 75.7 Å². The molecule has 0 saturated carbocycles. The van der Waals surface area contributed by atoms with E-state index in [0.29, 0.717) is 24.3 Å². The van der Waals surface area contributed by atoms with Crippen molar-refractivity contribution in [1.29, 1.82) is 0 Å². The number of rotatable bonds is 9. The van der Waals surface area contributed by atoms with Crippen LogP contribution in [0.1, 0.15) is 35.7 Å². The lowest BCUT2D eigenvalue weighted by Crippen LogP contribution is -2.33. The first-order valence-corrected chi connectivity index (χ1v) is 9.27. The average molecular weight is 382 g/mol. The second kappa shape index (κ2) is 10.9. The van der Waals surface area contributed by atoms with E-state index < -0.39 is 5.97 Å². The highest BCUT2D eigenvalue weighted by atomic mass is 16.5. The van der Waals surface area contributed by atoms with Gasteiger partial charge in [-0.1, -0.05) is 30.3 Å². The standard InChI is InChI=1S/C22H26N2O4/c1-17(25)24(15-6-9-18-7-4-3-5-8-18)16-14-21(26)23-20-12-10-19(11-13-20)22(27)28-2/h3-5,7-8,10-13H,6,9,14-16H2,1-2H3,(H,23,26). The van der Waals surface area contributed by atoms with E-state index in [9.17, 15) is 14.4 Å². The molecule has 0 unspecified atom stereocenters. The molecule has 2 amide bonds. The molecule has 2 rings (SSSR count). The van der Waals surface area contributed by atoms with Crippen LogP contribution in [0, 0.1) is 0 Å². The number of carbonyl (C=O) groups is 3. The largest absolute Gasteiger partial charge is 0.465 e. The van der Waals surface area contributed by atoms with Gasteiger partial charge in [0.15, 0.2) is 0 Å². The lowest BCUT2D eigenvalue weighted by Gasteiger charge is -2.20. The second-order valence-electron chi connectivity index (χ2n) is 6.46. The van der Waals surface area contributed by atoms with Crippen LogP contribution in [-0.2, 0) is 20.7 Å². The first-order valence-electron chi connectivity index (χ1n) is 9.27. The highest BCUT2D eigenvalue weighted by Crippen LogP contribution is 2.11. The molecule has 2 aromatic carbocycles. The van der Waals surface area contributed by atoms with Gasteiger partial charge < -0.3 is 15.0 Å². The molecule has 0 radical (unpaired) electrons. The molecule has 0 aliphatic heterocycles. The van der Waals surface area contributed by atoms with Crippen LogP contribution in [-0.4, -0.2) is 42.9 Å². The van der Waals surface area contributed by atoms with Crippen molar-refractivity contribution in [1.82, 2.24) is 4.90 Å². The highest BCUT2D eigenvalue weighted by molar-refractivity contribution is 5.93. The van der Waals surface area contributed by atoms with Gasteiger partial charge >= 0.3 is 5.97 Å². The number of methoxy groups -OCH3 is 1. The van der Waals surface area contributed by atoms with E-state index in [2.05, 4.69) is 22.2 Å². The average Bonchev–Trinajstić information content (AvgIpc) is 2.71. The fourth-order valence-electron chi connectivity index (χ4n) is 2.81. The fraction of sp³-hybridized carbons (Fsp3) is 0.318. The number of esters is 1. The summed E-state index contributed by atoms with van der Waals surface area (Å²) < 4.78 is 4.64. The molecule has 148 valence electrons. The Labute approximate surface area is 165 Å². The Morgan fingerprint density at radius 3 is 2.25 bits per heavy atom. The van der Waals surface area contributed by atoms with E-state index in [4.69, 9.17) is 0 Å². The van der Waals surface area contributed by atoms with Gasteiger partial charge in [0.1, 0.15) is 0 Å². The summed E-state index contributed by atoms with van der Waals surface area (Å²) in [4.78, 5) is 37.1. The van der Waals surface area contributed by atoms with E-state index in [1.54, 1.807) is 29.2 Å². The van der Waals surface area contributed by atoms with Crippen LogP contribution >= 0.6 is 0 Å². The number of carbonyl (C=O) groups excluding carboxylic acids is 3. The van der Waals surface area contributed by atoms with Gasteiger partial charge in [-0.3, -0.25) is 9.59 Å². The van der Waals surface area contributed by atoms with Crippen LogP contribution in [0.3, 0.4) is 0 Å². The van der Waals surface area contributed by atoms with Crippen molar-refractivity contribution < 1.29 is 19.1 Å². The maximum atomic E-state index is 12.2. The SMILES string of the molecule is COC(=O)c1ccc(NC(=O)CCN(CCCc2ccccc2)C(C)=O)cc1. The van der Waals surface area contributed by atoms with E-state index >= 15 is 0 Å². The van der Waals surface area contributed by atoms with Crippen LogP contribution in [0.2, 0.25) is 0 Å². The Morgan fingerprint density at radius 2 is 1.64 bits per heavy atom. The molecule has 0 heterocycles. The molecule has 2 aromatic rings. The maximum absolute atomic E-state index is 12.2. The number of benzene rings is 2. The molecule has 0 aliphatic carbocycles. The van der Waals surface area contributed by atoms with Crippen LogP contribution in [0.25, 0.3) is 0 Å². The summed E-state index contributed by atoms with van der Waals surface area (Å²) in [6, 6.07) is 16.6. The molecule has 6 nitrogen and oxygen atoms in total. The lowest BCUT2D eigenvalue weighted by molar-refractivity contribution is -0.129. The predicted molar refractivity (Wildman–Crippen MR) is 108 cm³/mol. The minimum absolute atomic E-state index is 0.0386. The van der Waals surface area contributed by atoms with Crippen LogP contribution in [0.5, 0.6) is 0 Å². The summed E-state index contributed by atoms with van der Waals surface area (Å²) in [5.74, 6) is -0.645. The van der Waals surface area contributed by atoms with E-state index in [-0.39, 0.29) is 18.2 Å². The summed E-state index contributed by atoms with van der Waals surface area (Å²) in [6.07, 6.45) is 1.95. The second-order valence-corrected chi connectivity index (χ2v) is 6.46. The van der Waals surface area contributed by atoms with Crippen molar-refractivity contribution in [2.75, 3.05) is 25.5 Å². The normalized spacial score (nSPS) is 10.2. The zero-order valence-electron chi connectivity index (χ0n) is 16.3. The summed E-state index contributed by atoms with van der Waals surface area (Å²) >= 11 is 0. The summed E-state index contributed by atoms with van der Waals surface area (Å²) in [5.41, 5.74) is 2.25. The lowest BCUT2D eigenvalue weighted by atomic mass is 10.1. The van der Waals surface area contributed by atoms with Crippen LogP contribution < -0.4 is 5.32 Å². The van der Waals surface area contributed by atoms with Gasteiger partial charge in [-0.25, -0.2) is 4.79 Å². The molecule has 28 heavy (non-hydrogen) atoms. The van der Waals surface area contributed by atoms with Crippen molar-refractivity contribution in [3.05, 3.63) is 65.7 Å².